The van der Waals surface area contributed by atoms with Crippen molar-refractivity contribution < 1.29 is 23.5 Å². The lowest BCUT2D eigenvalue weighted by atomic mass is 10.0. The van der Waals surface area contributed by atoms with Crippen LogP contribution in [-0.4, -0.2) is 89.6 Å². The summed E-state index contributed by atoms with van der Waals surface area (Å²) in [5, 5.41) is 5.47. The van der Waals surface area contributed by atoms with Crippen LogP contribution in [0.5, 0.6) is 0 Å². The second-order valence-electron chi connectivity index (χ2n) is 14.5. The highest BCUT2D eigenvalue weighted by molar-refractivity contribution is 6.74. The quantitative estimate of drug-likeness (QED) is 0.396. The van der Waals surface area contributed by atoms with Gasteiger partial charge in [-0.15, -0.1) is 0 Å². The van der Waals surface area contributed by atoms with Crippen molar-refractivity contribution in [2.45, 2.75) is 91.1 Å². The minimum absolute atomic E-state index is 0.141. The number of nitrogens with one attached hydrogen (secondary N) is 2. The number of alkyl carbamates (subject to hydrolysis) is 1. The van der Waals surface area contributed by atoms with Gasteiger partial charge in [-0.1, -0.05) is 32.9 Å². The largest absolute Gasteiger partial charge is 0.444 e. The van der Waals surface area contributed by atoms with Crippen molar-refractivity contribution in [3.8, 4) is 5.69 Å². The van der Waals surface area contributed by atoms with E-state index in [0.29, 0.717) is 25.4 Å². The van der Waals surface area contributed by atoms with Crippen LogP contribution >= 0.6 is 0 Å². The van der Waals surface area contributed by atoms with Gasteiger partial charge in [-0.25, -0.2) is 14.4 Å². The third kappa shape index (κ3) is 9.89. The molecule has 0 aliphatic carbocycles. The number of nitrogens with zero attached hydrogens (tertiary/aromatic N) is 4. The van der Waals surface area contributed by atoms with Gasteiger partial charge in [0.05, 0.1) is 5.69 Å². The minimum Gasteiger partial charge on any atom is -0.444 e. The number of rotatable bonds is 8. The average Bonchev–Trinajstić information content (AvgIpc) is 2.91. The number of carbonyl (C=O) groups excluding carboxylic acids is 3. The topological polar surface area (TPSA) is 135 Å². The fourth-order valence-electron chi connectivity index (χ4n) is 4.44. The van der Waals surface area contributed by atoms with E-state index in [9.17, 15) is 19.2 Å². The van der Waals surface area contributed by atoms with Gasteiger partial charge < -0.3 is 24.3 Å². The molecule has 0 saturated carbocycles. The standard InChI is InChI=1S/C32H50N6O6Si/c1-30(2,3)44-29(42)35-32(7,8)26(39)36-18-20-37(21-19-36)27(40)33-25-15-17-38(28(41)34-25)24-13-11-23(12-14-24)16-22-43-45(9,10)31(4,5)6/h11-15,17H,16,18-22H2,1-10H3,(H,35,42)(H,33,34,40,41). The Morgan fingerprint density at radius 2 is 1.47 bits per heavy atom. The molecular weight excluding hydrogens is 592 g/mol. The van der Waals surface area contributed by atoms with Crippen LogP contribution in [0.4, 0.5) is 15.4 Å². The maximum absolute atomic E-state index is 13.1. The SMILES string of the molecule is CC(C)(C)OC(=O)NC(C)(C)C(=O)N1CCN(C(=O)Nc2ccn(-c3ccc(CCO[Si](C)(C)C(C)(C)C)cc3)c(=O)n2)CC1. The summed E-state index contributed by atoms with van der Waals surface area (Å²) >= 11 is 0. The van der Waals surface area contributed by atoms with Crippen molar-refractivity contribution >= 4 is 32.2 Å². The monoisotopic (exact) mass is 642 g/mol. The molecule has 2 aromatic rings. The molecule has 0 atom stereocenters. The van der Waals surface area contributed by atoms with Crippen LogP contribution in [0.1, 0.15) is 61.0 Å². The molecule has 3 rings (SSSR count). The van der Waals surface area contributed by atoms with E-state index in [0.717, 1.165) is 12.0 Å². The molecule has 0 bridgehead atoms. The lowest BCUT2D eigenvalue weighted by Gasteiger charge is -2.38. The maximum Gasteiger partial charge on any atom is 0.408 e. The zero-order valence-electron chi connectivity index (χ0n) is 28.4. The normalized spacial score (nSPS) is 14.6. The minimum atomic E-state index is -1.80. The number of amides is 4. The Hall–Kier alpha value is -3.71. The summed E-state index contributed by atoms with van der Waals surface area (Å²) in [7, 11) is -1.80. The third-order valence-electron chi connectivity index (χ3n) is 8.12. The molecule has 1 aromatic heterocycles. The predicted octanol–water partition coefficient (Wildman–Crippen LogP) is 4.78. The number of carbonyl (C=O) groups is 3. The number of aromatic nitrogens is 2. The molecule has 0 radical (unpaired) electrons. The van der Waals surface area contributed by atoms with E-state index >= 15 is 0 Å². The lowest BCUT2D eigenvalue weighted by molar-refractivity contribution is -0.138. The summed E-state index contributed by atoms with van der Waals surface area (Å²) in [5.74, 6) is -0.131. The van der Waals surface area contributed by atoms with Crippen molar-refractivity contribution in [3.63, 3.8) is 0 Å². The van der Waals surface area contributed by atoms with Gasteiger partial charge in [0.1, 0.15) is 17.0 Å². The number of ether oxygens (including phenoxy) is 1. The van der Waals surface area contributed by atoms with Crippen LogP contribution in [0.2, 0.25) is 18.1 Å². The van der Waals surface area contributed by atoms with Gasteiger partial charge in [0.25, 0.3) is 0 Å². The van der Waals surface area contributed by atoms with E-state index in [1.807, 2.05) is 24.3 Å². The number of hydrogen-bond acceptors (Lipinski definition) is 7. The molecule has 1 aliphatic rings. The molecule has 1 aliphatic heterocycles. The Bertz CT molecular complexity index is 1420. The number of benzene rings is 1. The highest BCUT2D eigenvalue weighted by Crippen LogP contribution is 2.36. The fourth-order valence-corrected chi connectivity index (χ4v) is 5.49. The Balaban J connectivity index is 1.52. The summed E-state index contributed by atoms with van der Waals surface area (Å²) in [6.45, 7) is 21.4. The smallest absolute Gasteiger partial charge is 0.408 e. The molecule has 13 heteroatoms. The molecule has 2 heterocycles. The molecule has 45 heavy (non-hydrogen) atoms. The summed E-state index contributed by atoms with van der Waals surface area (Å²) in [6.07, 6.45) is 1.69. The molecule has 1 saturated heterocycles. The van der Waals surface area contributed by atoms with Gasteiger partial charge >= 0.3 is 17.8 Å². The van der Waals surface area contributed by atoms with Crippen LogP contribution in [-0.2, 0) is 20.4 Å². The van der Waals surface area contributed by atoms with Crippen LogP contribution in [0.3, 0.4) is 0 Å². The van der Waals surface area contributed by atoms with Crippen molar-refractivity contribution in [2.75, 3.05) is 38.1 Å². The Labute approximate surface area is 267 Å². The molecule has 2 N–H and O–H groups in total. The zero-order valence-corrected chi connectivity index (χ0v) is 29.4. The summed E-state index contributed by atoms with van der Waals surface area (Å²) in [6, 6.07) is 8.85. The van der Waals surface area contributed by atoms with E-state index in [-0.39, 0.29) is 29.9 Å². The molecule has 1 fully saturated rings. The van der Waals surface area contributed by atoms with E-state index in [2.05, 4.69) is 49.5 Å². The molecule has 0 spiro atoms. The second kappa shape index (κ2) is 13.7. The van der Waals surface area contributed by atoms with Gasteiger partial charge in [0.15, 0.2) is 8.32 Å². The van der Waals surface area contributed by atoms with Gasteiger partial charge in [0.2, 0.25) is 5.91 Å². The average molecular weight is 643 g/mol. The van der Waals surface area contributed by atoms with E-state index < -0.39 is 37.3 Å². The van der Waals surface area contributed by atoms with Crippen molar-refractivity contribution in [3.05, 3.63) is 52.6 Å². The van der Waals surface area contributed by atoms with Gasteiger partial charge in [-0.2, -0.15) is 4.98 Å². The number of urea groups is 1. The predicted molar refractivity (Wildman–Crippen MR) is 177 cm³/mol. The summed E-state index contributed by atoms with van der Waals surface area (Å²) in [5.41, 5.74) is -0.594. The maximum atomic E-state index is 13.1. The first-order valence-electron chi connectivity index (χ1n) is 15.4. The highest BCUT2D eigenvalue weighted by atomic mass is 28.4. The molecule has 12 nitrogen and oxygen atoms in total. The Morgan fingerprint density at radius 3 is 2.00 bits per heavy atom. The Kier molecular flexibility index (Phi) is 10.9. The Morgan fingerprint density at radius 1 is 0.889 bits per heavy atom. The molecule has 1 aromatic carbocycles. The zero-order chi connectivity index (χ0) is 33.8. The van der Waals surface area contributed by atoms with E-state index in [1.165, 1.54) is 4.57 Å². The van der Waals surface area contributed by atoms with Crippen LogP contribution in [0.15, 0.2) is 41.3 Å². The van der Waals surface area contributed by atoms with Crippen LogP contribution < -0.4 is 16.3 Å². The van der Waals surface area contributed by atoms with E-state index in [1.54, 1.807) is 56.7 Å². The molecule has 4 amide bonds. The molecule has 248 valence electrons. The molecule has 0 unspecified atom stereocenters. The first kappa shape index (κ1) is 35.8. The van der Waals surface area contributed by atoms with E-state index in [4.69, 9.17) is 9.16 Å². The fraction of sp³-hybridized carbons (Fsp3) is 0.594. The van der Waals surface area contributed by atoms with Crippen LogP contribution in [0.25, 0.3) is 5.69 Å². The van der Waals surface area contributed by atoms with Gasteiger partial charge in [0, 0.05) is 39.0 Å². The van der Waals surface area contributed by atoms with Crippen molar-refractivity contribution in [1.29, 1.82) is 0 Å². The van der Waals surface area contributed by atoms with Gasteiger partial charge in [-0.3, -0.25) is 14.7 Å². The first-order valence-corrected chi connectivity index (χ1v) is 18.3. The first-order chi connectivity index (χ1) is 20.7. The number of hydrogen-bond donors (Lipinski definition) is 2. The third-order valence-corrected chi connectivity index (χ3v) is 12.7. The van der Waals surface area contributed by atoms with Crippen molar-refractivity contribution in [1.82, 2.24) is 24.7 Å². The van der Waals surface area contributed by atoms with Gasteiger partial charge in [-0.05, 0) is 82.9 Å². The van der Waals surface area contributed by atoms with Crippen molar-refractivity contribution in [2.24, 2.45) is 0 Å². The number of piperazine rings is 1. The highest BCUT2D eigenvalue weighted by Gasteiger charge is 2.38. The second-order valence-corrected chi connectivity index (χ2v) is 19.3. The molecular formula is C32H50N6O6Si. The number of anilines is 1. The van der Waals surface area contributed by atoms with Crippen LogP contribution in [0, 0.1) is 0 Å². The summed E-state index contributed by atoms with van der Waals surface area (Å²) in [4.78, 5) is 58.2. The summed E-state index contributed by atoms with van der Waals surface area (Å²) < 4.78 is 13.0. The lowest BCUT2D eigenvalue weighted by Crippen LogP contribution is -2.60.